The molecule has 4 aromatic heterocycles. The van der Waals surface area contributed by atoms with Crippen LogP contribution in [0.5, 0.6) is 11.6 Å². The van der Waals surface area contributed by atoms with E-state index in [1.54, 1.807) is 32.6 Å². The lowest BCUT2D eigenvalue weighted by Crippen LogP contribution is -2.25. The van der Waals surface area contributed by atoms with Gasteiger partial charge in [-0.3, -0.25) is 9.59 Å². The maximum Gasteiger partial charge on any atom is 0.274 e. The molecule has 0 bridgehead atoms. The number of nitrogens with one attached hydrogen (secondary N) is 2. The number of ether oxygens (including phenoxy) is 1. The average Bonchev–Trinajstić information content (AvgIpc) is 3.36. The average molecular weight is 525 g/mol. The molecule has 1 saturated carbocycles. The molecule has 0 spiro atoms. The number of aromatic nitrogens is 3. The van der Waals surface area contributed by atoms with Gasteiger partial charge in [-0.15, -0.1) is 11.3 Å². The highest BCUT2D eigenvalue weighted by atomic mass is 32.1. The maximum atomic E-state index is 13.2. The van der Waals surface area contributed by atoms with Crippen molar-refractivity contribution in [3.05, 3.63) is 57.3 Å². The van der Waals surface area contributed by atoms with Gasteiger partial charge in [-0.1, -0.05) is 0 Å². The van der Waals surface area contributed by atoms with Gasteiger partial charge in [0.2, 0.25) is 5.88 Å². The van der Waals surface area contributed by atoms with E-state index >= 15 is 0 Å². The smallest absolute Gasteiger partial charge is 0.274 e. The van der Waals surface area contributed by atoms with Gasteiger partial charge in [-0.2, -0.15) is 0 Å². The Balaban J connectivity index is 1.73. The Kier molecular flexibility index (Phi) is 5.96. The van der Waals surface area contributed by atoms with Gasteiger partial charge in [-0.25, -0.2) is 4.98 Å². The number of fused-ring (bicyclic) bond motifs is 1. The lowest BCUT2D eigenvalue weighted by atomic mass is 10.1. The van der Waals surface area contributed by atoms with Gasteiger partial charge in [0.25, 0.3) is 11.5 Å². The van der Waals surface area contributed by atoms with Crippen molar-refractivity contribution >= 4 is 39.9 Å². The molecular weight excluding hydrogens is 495 g/mol. The molecule has 8 nitrogen and oxygen atoms in total. The zero-order valence-corrected chi connectivity index (χ0v) is 22.9. The summed E-state index contributed by atoms with van der Waals surface area (Å²) < 4.78 is 21.8. The molecule has 10 heteroatoms. The molecule has 4 heterocycles. The van der Waals surface area contributed by atoms with E-state index in [1.165, 1.54) is 15.9 Å². The maximum absolute atomic E-state index is 13.2. The first-order valence-electron chi connectivity index (χ1n) is 11.8. The Morgan fingerprint density at radius 1 is 1.22 bits per heavy atom. The van der Waals surface area contributed by atoms with Crippen molar-refractivity contribution in [2.75, 3.05) is 13.3 Å². The molecule has 1 aliphatic rings. The van der Waals surface area contributed by atoms with Crippen LogP contribution in [0.3, 0.4) is 0 Å². The fourth-order valence-electron chi connectivity index (χ4n) is 4.39. The first-order valence-corrected chi connectivity index (χ1v) is 15.2. The Labute approximate surface area is 213 Å². The Hall–Kier alpha value is -3.16. The lowest BCUT2D eigenvalue weighted by molar-refractivity contribution is 0.0947. The zero-order chi connectivity index (χ0) is 25.9. The molecule has 0 radical (unpaired) electrons. The summed E-state index contributed by atoms with van der Waals surface area (Å²) >= 11 is 1.40. The van der Waals surface area contributed by atoms with Crippen molar-refractivity contribution in [1.29, 1.82) is 0 Å². The van der Waals surface area contributed by atoms with E-state index in [0.717, 1.165) is 44.7 Å². The van der Waals surface area contributed by atoms with Crippen LogP contribution >= 0.6 is 18.5 Å². The minimum absolute atomic E-state index is 0.197. The molecule has 4 aromatic rings. The predicted octanol–water partition coefficient (Wildman–Crippen LogP) is 4.85. The van der Waals surface area contributed by atoms with E-state index in [9.17, 15) is 14.2 Å². The summed E-state index contributed by atoms with van der Waals surface area (Å²) in [5.74, 6) is 0.775. The Bertz CT molecular complexity index is 1620. The minimum Gasteiger partial charge on any atom is -0.437 e. The van der Waals surface area contributed by atoms with Gasteiger partial charge < -0.3 is 24.2 Å². The van der Waals surface area contributed by atoms with Gasteiger partial charge in [0.05, 0.1) is 9.50 Å². The quantitative estimate of drug-likeness (QED) is 0.351. The molecule has 36 heavy (non-hydrogen) atoms. The third-order valence-corrected chi connectivity index (χ3v) is 10.2. The van der Waals surface area contributed by atoms with Gasteiger partial charge in [0.1, 0.15) is 18.4 Å². The summed E-state index contributed by atoms with van der Waals surface area (Å²) in [6, 6.07) is 5.74. The number of hydrogen-bond donors (Lipinski definition) is 2. The van der Waals surface area contributed by atoms with Gasteiger partial charge in [0, 0.05) is 47.6 Å². The summed E-state index contributed by atoms with van der Waals surface area (Å²) in [6.45, 7) is 9.26. The zero-order valence-electron chi connectivity index (χ0n) is 21.2. The number of carbonyl (C=O) groups is 1. The van der Waals surface area contributed by atoms with Crippen LogP contribution in [0.2, 0.25) is 0 Å². The highest BCUT2D eigenvalue weighted by Gasteiger charge is 2.29. The second-order valence-corrected chi connectivity index (χ2v) is 14.4. The van der Waals surface area contributed by atoms with Gasteiger partial charge in [-0.05, 0) is 64.6 Å². The van der Waals surface area contributed by atoms with Crippen LogP contribution in [0, 0.1) is 20.8 Å². The molecular formula is C26H29N4O4PS. The third kappa shape index (κ3) is 4.53. The lowest BCUT2D eigenvalue weighted by Gasteiger charge is -2.11. The molecule has 1 aliphatic carbocycles. The number of amides is 1. The molecule has 0 unspecified atom stereocenters. The van der Waals surface area contributed by atoms with Crippen molar-refractivity contribution in [2.24, 2.45) is 7.05 Å². The largest absolute Gasteiger partial charge is 0.437 e. The van der Waals surface area contributed by atoms with Crippen molar-refractivity contribution in [2.45, 2.75) is 39.7 Å². The van der Waals surface area contributed by atoms with Gasteiger partial charge >= 0.3 is 0 Å². The van der Waals surface area contributed by atoms with Crippen LogP contribution < -0.4 is 20.2 Å². The highest BCUT2D eigenvalue weighted by Crippen LogP contribution is 2.49. The summed E-state index contributed by atoms with van der Waals surface area (Å²) in [6.07, 6.45) is 3.68. The monoisotopic (exact) mass is 524 g/mol. The molecule has 0 aliphatic heterocycles. The summed E-state index contributed by atoms with van der Waals surface area (Å²) in [4.78, 5) is 34.0. The number of thiophene rings is 1. The van der Waals surface area contributed by atoms with Crippen molar-refractivity contribution in [3.63, 3.8) is 0 Å². The van der Waals surface area contributed by atoms with Crippen LogP contribution in [0.1, 0.15) is 40.2 Å². The molecule has 2 N–H and O–H groups in total. The number of hydrogen-bond acceptors (Lipinski definition) is 6. The second-order valence-electron chi connectivity index (χ2n) is 9.95. The van der Waals surface area contributed by atoms with E-state index in [-0.39, 0.29) is 17.5 Å². The van der Waals surface area contributed by atoms with Crippen LogP contribution in [-0.4, -0.2) is 39.8 Å². The van der Waals surface area contributed by atoms with Crippen LogP contribution in [0.15, 0.2) is 29.2 Å². The number of H-pyrrole nitrogens is 1. The second kappa shape index (κ2) is 8.75. The van der Waals surface area contributed by atoms with Crippen LogP contribution in [0.25, 0.3) is 21.3 Å². The van der Waals surface area contributed by atoms with Crippen molar-refractivity contribution in [1.82, 2.24) is 19.9 Å². The molecule has 0 saturated heterocycles. The van der Waals surface area contributed by atoms with E-state index in [0.29, 0.717) is 28.2 Å². The number of carbonyl (C=O) groups excluding carboxylic acids is 1. The number of aryl methyl sites for hydroxylation is 3. The molecule has 5 rings (SSSR count). The van der Waals surface area contributed by atoms with Crippen molar-refractivity contribution in [3.8, 4) is 22.1 Å². The first kappa shape index (κ1) is 24.5. The normalized spacial score (nSPS) is 13.8. The Morgan fingerprint density at radius 3 is 2.58 bits per heavy atom. The van der Waals surface area contributed by atoms with E-state index < -0.39 is 7.14 Å². The predicted molar refractivity (Wildman–Crippen MR) is 145 cm³/mol. The SMILES string of the molecule is Cc1cc(C)nc(Oc2c(-c3cn(C)c(=O)c4[nH]c(C(=O)NC5CC5)cc34)sc(P(C)(C)=O)c2C)c1. The van der Waals surface area contributed by atoms with Crippen LogP contribution in [0.4, 0.5) is 0 Å². The summed E-state index contributed by atoms with van der Waals surface area (Å²) in [5, 5.41) is 3.58. The number of rotatable bonds is 6. The van der Waals surface area contributed by atoms with E-state index in [2.05, 4.69) is 15.3 Å². The number of nitrogens with zero attached hydrogens (tertiary/aromatic N) is 2. The van der Waals surface area contributed by atoms with E-state index in [4.69, 9.17) is 4.74 Å². The standard InChI is InChI=1S/C26H29N4O4PS/c1-13-9-14(2)27-20(10-13)34-22-15(3)26(35(5,6)33)36-23(22)18-12-30(4)25(32)21-17(18)11-19(29-21)24(31)28-16-7-8-16/h9-12,16,29H,7-8H2,1-6H3,(H,28,31). The molecule has 0 atom stereocenters. The first-order chi connectivity index (χ1) is 16.9. The molecule has 188 valence electrons. The minimum atomic E-state index is -2.63. The third-order valence-electron chi connectivity index (χ3n) is 6.20. The van der Waals surface area contributed by atoms with Crippen molar-refractivity contribution < 1.29 is 14.1 Å². The van der Waals surface area contributed by atoms with Crippen LogP contribution in [-0.2, 0) is 11.6 Å². The van der Waals surface area contributed by atoms with Gasteiger partial charge in [0.15, 0.2) is 5.75 Å². The highest BCUT2D eigenvalue weighted by molar-refractivity contribution is 7.76. The molecule has 0 aromatic carbocycles. The topological polar surface area (TPSA) is 106 Å². The number of pyridine rings is 2. The summed E-state index contributed by atoms with van der Waals surface area (Å²) in [5.41, 5.74) is 3.81. The Morgan fingerprint density at radius 2 is 1.94 bits per heavy atom. The summed E-state index contributed by atoms with van der Waals surface area (Å²) in [7, 11) is -0.955. The fourth-order valence-corrected chi connectivity index (χ4v) is 7.45. The fraction of sp³-hybridized carbons (Fsp3) is 0.346. The molecule has 1 fully saturated rings. The number of aromatic amines is 1. The molecule has 1 amide bonds. The van der Waals surface area contributed by atoms with E-state index in [1.807, 2.05) is 32.9 Å².